The molecule has 3 rings (SSSR count). The molecule has 0 radical (unpaired) electrons. The number of carbonyl (C=O) groups is 1. The van der Waals surface area contributed by atoms with E-state index in [2.05, 4.69) is 5.32 Å². The summed E-state index contributed by atoms with van der Waals surface area (Å²) in [7, 11) is -0.595. The second-order valence-electron chi connectivity index (χ2n) is 9.91. The molecule has 170 valence electrons. The Morgan fingerprint density at radius 1 is 1.16 bits per heavy atom. The van der Waals surface area contributed by atoms with E-state index in [0.29, 0.717) is 13.2 Å². The molecule has 0 unspecified atom stereocenters. The van der Waals surface area contributed by atoms with E-state index in [1.165, 1.54) is 0 Å². The third-order valence-corrected chi connectivity index (χ3v) is 5.55. The van der Waals surface area contributed by atoms with E-state index in [9.17, 15) is 4.79 Å². The summed E-state index contributed by atoms with van der Waals surface area (Å²) in [6.07, 6.45) is 1.13. The Morgan fingerprint density at radius 3 is 2.35 bits per heavy atom. The number of rotatable bonds is 5. The van der Waals surface area contributed by atoms with Crippen LogP contribution in [0.1, 0.15) is 65.9 Å². The molecule has 0 aliphatic carbocycles. The summed E-state index contributed by atoms with van der Waals surface area (Å²) >= 11 is 0. The zero-order valence-electron chi connectivity index (χ0n) is 19.6. The first-order chi connectivity index (χ1) is 14.4. The van der Waals surface area contributed by atoms with Crippen LogP contribution < -0.4 is 5.32 Å². The molecule has 8 heteroatoms. The Kier molecular flexibility index (Phi) is 6.86. The van der Waals surface area contributed by atoms with Gasteiger partial charge in [0.05, 0.1) is 24.4 Å². The summed E-state index contributed by atoms with van der Waals surface area (Å²) in [5.74, 6) is 0. The maximum atomic E-state index is 12.2. The normalized spacial score (nSPS) is 21.4. The van der Waals surface area contributed by atoms with Gasteiger partial charge < -0.3 is 28.8 Å². The van der Waals surface area contributed by atoms with E-state index in [1.807, 2.05) is 78.8 Å². The molecule has 0 spiro atoms. The van der Waals surface area contributed by atoms with Crippen LogP contribution in [0.3, 0.4) is 0 Å². The Morgan fingerprint density at radius 2 is 1.77 bits per heavy atom. The van der Waals surface area contributed by atoms with E-state index in [1.54, 1.807) is 0 Å². The number of alkyl carbamates (subject to hydrolysis) is 1. The Labute approximate surface area is 185 Å². The maximum absolute atomic E-state index is 12.2. The average molecular weight is 431 g/mol. The number of carbonyl (C=O) groups excluding carboxylic acids is 1. The van der Waals surface area contributed by atoms with Crippen LogP contribution in [0.25, 0.3) is 6.08 Å². The summed E-state index contributed by atoms with van der Waals surface area (Å²) in [4.78, 5) is 12.2. The molecule has 2 heterocycles. The van der Waals surface area contributed by atoms with Crippen molar-refractivity contribution >= 4 is 19.3 Å². The van der Waals surface area contributed by atoms with Gasteiger partial charge in [0.25, 0.3) is 0 Å². The van der Waals surface area contributed by atoms with E-state index in [-0.39, 0.29) is 12.8 Å². The lowest BCUT2D eigenvalue weighted by molar-refractivity contribution is -0.0441. The molecule has 0 bridgehead atoms. The zero-order valence-corrected chi connectivity index (χ0v) is 19.6. The van der Waals surface area contributed by atoms with Crippen molar-refractivity contribution in [3.8, 4) is 0 Å². The van der Waals surface area contributed by atoms with E-state index in [0.717, 1.165) is 16.6 Å². The lowest BCUT2D eigenvalue weighted by Gasteiger charge is -2.32. The van der Waals surface area contributed by atoms with Crippen molar-refractivity contribution in [1.29, 1.82) is 0 Å². The van der Waals surface area contributed by atoms with Gasteiger partial charge in [-0.15, -0.1) is 0 Å². The first kappa shape index (κ1) is 23.8. The third-order valence-electron chi connectivity index (χ3n) is 5.55. The van der Waals surface area contributed by atoms with Crippen molar-refractivity contribution in [1.82, 2.24) is 5.32 Å². The fourth-order valence-electron chi connectivity index (χ4n) is 3.25. The fraction of sp³-hybridized carbons (Fsp3) is 0.609. The molecule has 1 amide bonds. The number of benzene rings is 1. The standard InChI is InChI=1S/C23H34BNO6/c1-21(2,3)29-20(26)25-15-18(24-30-22(4,5)23(6,7)31-24)14-16-9-8-10-17(13-16)19-27-11-12-28-19/h8-10,13-14,19H,11-12,15H2,1-7H3,(H,25,26). The smallest absolute Gasteiger partial charge is 0.444 e. The van der Waals surface area contributed by atoms with Crippen LogP contribution in [-0.2, 0) is 23.5 Å². The predicted molar refractivity (Wildman–Crippen MR) is 119 cm³/mol. The minimum Gasteiger partial charge on any atom is -0.444 e. The van der Waals surface area contributed by atoms with Crippen LogP contribution in [0.15, 0.2) is 29.7 Å². The van der Waals surface area contributed by atoms with Gasteiger partial charge in [-0.2, -0.15) is 0 Å². The molecular formula is C23H34BNO6. The van der Waals surface area contributed by atoms with E-state index < -0.39 is 30.0 Å². The third kappa shape index (κ3) is 6.10. The van der Waals surface area contributed by atoms with Gasteiger partial charge in [0.2, 0.25) is 0 Å². The van der Waals surface area contributed by atoms with Gasteiger partial charge in [0, 0.05) is 12.1 Å². The molecule has 2 fully saturated rings. The van der Waals surface area contributed by atoms with Gasteiger partial charge in [0.15, 0.2) is 6.29 Å². The number of nitrogens with one attached hydrogen (secondary N) is 1. The largest absolute Gasteiger partial charge is 0.492 e. The molecule has 1 aromatic carbocycles. The topological polar surface area (TPSA) is 75.3 Å². The van der Waals surface area contributed by atoms with E-state index in [4.69, 9.17) is 23.5 Å². The highest BCUT2D eigenvalue weighted by molar-refractivity contribution is 6.56. The minimum absolute atomic E-state index is 0.229. The highest BCUT2D eigenvalue weighted by Crippen LogP contribution is 2.39. The van der Waals surface area contributed by atoms with Gasteiger partial charge >= 0.3 is 13.2 Å². The molecule has 31 heavy (non-hydrogen) atoms. The summed E-state index contributed by atoms with van der Waals surface area (Å²) < 4.78 is 29.1. The first-order valence-corrected chi connectivity index (χ1v) is 10.7. The quantitative estimate of drug-likeness (QED) is 0.702. The lowest BCUT2D eigenvalue weighted by Crippen LogP contribution is -2.41. The molecule has 0 aromatic heterocycles. The van der Waals surface area contributed by atoms with Gasteiger partial charge in [0.1, 0.15) is 5.60 Å². The highest BCUT2D eigenvalue weighted by Gasteiger charge is 2.52. The summed E-state index contributed by atoms with van der Waals surface area (Å²) in [5.41, 5.74) is 1.11. The summed E-state index contributed by atoms with van der Waals surface area (Å²) in [6.45, 7) is 14.9. The van der Waals surface area contributed by atoms with Crippen molar-refractivity contribution < 1.29 is 28.3 Å². The molecule has 0 atom stereocenters. The lowest BCUT2D eigenvalue weighted by atomic mass is 9.77. The molecule has 1 N–H and O–H groups in total. The molecule has 7 nitrogen and oxygen atoms in total. The van der Waals surface area contributed by atoms with Crippen molar-refractivity contribution in [2.75, 3.05) is 19.8 Å². The molecule has 2 aliphatic rings. The molecule has 1 aromatic rings. The Balaban J connectivity index is 1.83. The molecule has 2 aliphatic heterocycles. The van der Waals surface area contributed by atoms with Crippen molar-refractivity contribution in [3.05, 3.63) is 40.9 Å². The van der Waals surface area contributed by atoms with Crippen LogP contribution in [0.5, 0.6) is 0 Å². The molecule has 0 saturated carbocycles. The van der Waals surface area contributed by atoms with Crippen LogP contribution in [0, 0.1) is 0 Å². The number of hydrogen-bond acceptors (Lipinski definition) is 6. The second kappa shape index (κ2) is 8.94. The zero-order chi connectivity index (χ0) is 22.9. The number of ether oxygens (including phenoxy) is 3. The van der Waals surface area contributed by atoms with Crippen LogP contribution in [-0.4, -0.2) is 49.8 Å². The minimum atomic E-state index is -0.595. The Hall–Kier alpha value is -1.87. The van der Waals surface area contributed by atoms with Gasteiger partial charge in [-0.25, -0.2) is 4.79 Å². The summed E-state index contributed by atoms with van der Waals surface area (Å²) in [5, 5.41) is 2.82. The predicted octanol–water partition coefficient (Wildman–Crippen LogP) is 4.27. The highest BCUT2D eigenvalue weighted by atomic mass is 16.7. The van der Waals surface area contributed by atoms with Gasteiger partial charge in [-0.05, 0) is 65.6 Å². The van der Waals surface area contributed by atoms with Gasteiger partial charge in [-0.3, -0.25) is 0 Å². The van der Waals surface area contributed by atoms with Crippen LogP contribution in [0.2, 0.25) is 0 Å². The van der Waals surface area contributed by atoms with Crippen molar-refractivity contribution in [2.45, 2.75) is 71.6 Å². The second-order valence-corrected chi connectivity index (χ2v) is 9.91. The van der Waals surface area contributed by atoms with Crippen molar-refractivity contribution in [3.63, 3.8) is 0 Å². The Bertz CT molecular complexity index is 808. The average Bonchev–Trinajstić information content (AvgIpc) is 3.24. The monoisotopic (exact) mass is 431 g/mol. The van der Waals surface area contributed by atoms with Crippen LogP contribution in [0.4, 0.5) is 4.79 Å². The van der Waals surface area contributed by atoms with Gasteiger partial charge in [-0.1, -0.05) is 24.3 Å². The fourth-order valence-corrected chi connectivity index (χ4v) is 3.25. The molecule has 2 saturated heterocycles. The van der Waals surface area contributed by atoms with Crippen LogP contribution >= 0.6 is 0 Å². The molecular weight excluding hydrogens is 397 g/mol. The van der Waals surface area contributed by atoms with E-state index >= 15 is 0 Å². The maximum Gasteiger partial charge on any atom is 0.492 e. The number of hydrogen-bond donors (Lipinski definition) is 1. The first-order valence-electron chi connectivity index (χ1n) is 10.7. The summed E-state index contributed by atoms with van der Waals surface area (Å²) in [6, 6.07) is 7.92. The SMILES string of the molecule is CC(C)(C)OC(=O)NCC(=Cc1cccc(C2OCCO2)c1)B1OC(C)(C)C(C)(C)O1. The number of amides is 1. The van der Waals surface area contributed by atoms with Crippen molar-refractivity contribution in [2.24, 2.45) is 0 Å².